The standard InChI is InChI=1S/C12H13ClN2O2S/c1-9(6-7-13)18(16,17)12-8-14-15-11-5-3-2-4-10(11)12/h2-5,8-9H,6-7H2,1H3. The molecule has 0 aliphatic heterocycles. The van der Waals surface area contributed by atoms with Crippen molar-refractivity contribution in [3.8, 4) is 0 Å². The van der Waals surface area contributed by atoms with Gasteiger partial charge in [-0.15, -0.1) is 11.6 Å². The second-order valence-electron chi connectivity index (χ2n) is 4.06. The summed E-state index contributed by atoms with van der Waals surface area (Å²) in [6, 6.07) is 7.07. The minimum atomic E-state index is -3.41. The smallest absolute Gasteiger partial charge is 0.183 e. The maximum absolute atomic E-state index is 12.4. The lowest BCUT2D eigenvalue weighted by Gasteiger charge is -2.12. The zero-order valence-corrected chi connectivity index (χ0v) is 11.4. The van der Waals surface area contributed by atoms with Crippen molar-refractivity contribution < 1.29 is 8.42 Å². The molecule has 0 bridgehead atoms. The molecule has 18 heavy (non-hydrogen) atoms. The van der Waals surface area contributed by atoms with E-state index in [2.05, 4.69) is 10.2 Å². The Hall–Kier alpha value is -1.20. The number of nitrogens with zero attached hydrogens (tertiary/aromatic N) is 2. The summed E-state index contributed by atoms with van der Waals surface area (Å²) in [5.41, 5.74) is 0.580. The first-order chi connectivity index (χ1) is 8.57. The monoisotopic (exact) mass is 284 g/mol. The molecule has 6 heteroatoms. The average molecular weight is 285 g/mol. The van der Waals surface area contributed by atoms with E-state index in [1.165, 1.54) is 6.20 Å². The number of fused-ring (bicyclic) bond motifs is 1. The van der Waals surface area contributed by atoms with Crippen LogP contribution in [0.5, 0.6) is 0 Å². The van der Waals surface area contributed by atoms with Crippen LogP contribution in [0, 0.1) is 0 Å². The van der Waals surface area contributed by atoms with E-state index in [4.69, 9.17) is 11.6 Å². The first-order valence-electron chi connectivity index (χ1n) is 5.57. The summed E-state index contributed by atoms with van der Waals surface area (Å²) >= 11 is 5.62. The Bertz CT molecular complexity index is 653. The van der Waals surface area contributed by atoms with Gasteiger partial charge in [0, 0.05) is 11.3 Å². The molecule has 1 atom stereocenters. The number of hydrogen-bond donors (Lipinski definition) is 0. The summed E-state index contributed by atoms with van der Waals surface area (Å²) in [5, 5.41) is 7.76. The van der Waals surface area contributed by atoms with Gasteiger partial charge in [0.1, 0.15) is 0 Å². The highest BCUT2D eigenvalue weighted by Gasteiger charge is 2.25. The van der Waals surface area contributed by atoms with E-state index in [0.717, 1.165) is 0 Å². The molecule has 4 nitrogen and oxygen atoms in total. The molecule has 0 aliphatic rings. The van der Waals surface area contributed by atoms with E-state index in [1.807, 2.05) is 0 Å². The second kappa shape index (κ2) is 5.20. The van der Waals surface area contributed by atoms with Gasteiger partial charge in [-0.3, -0.25) is 0 Å². The van der Waals surface area contributed by atoms with E-state index < -0.39 is 15.1 Å². The Morgan fingerprint density at radius 3 is 2.78 bits per heavy atom. The Balaban J connectivity index is 2.61. The van der Waals surface area contributed by atoms with Gasteiger partial charge in [0.15, 0.2) is 9.84 Å². The molecule has 1 unspecified atom stereocenters. The normalized spacial score (nSPS) is 13.7. The van der Waals surface area contributed by atoms with E-state index in [-0.39, 0.29) is 4.90 Å². The van der Waals surface area contributed by atoms with Gasteiger partial charge in [-0.25, -0.2) is 8.42 Å². The lowest BCUT2D eigenvalue weighted by molar-refractivity contribution is 0.581. The first-order valence-corrected chi connectivity index (χ1v) is 7.65. The van der Waals surface area contributed by atoms with Crippen LogP contribution in [-0.4, -0.2) is 29.7 Å². The number of rotatable bonds is 4. The average Bonchev–Trinajstić information content (AvgIpc) is 2.38. The van der Waals surface area contributed by atoms with E-state index in [1.54, 1.807) is 31.2 Å². The fraction of sp³-hybridized carbons (Fsp3) is 0.333. The van der Waals surface area contributed by atoms with Crippen LogP contribution in [0.3, 0.4) is 0 Å². The van der Waals surface area contributed by atoms with Crippen LogP contribution < -0.4 is 0 Å². The molecule has 96 valence electrons. The number of benzene rings is 1. The van der Waals surface area contributed by atoms with Crippen LogP contribution in [0.2, 0.25) is 0 Å². The third kappa shape index (κ3) is 2.33. The van der Waals surface area contributed by atoms with Crippen LogP contribution in [-0.2, 0) is 9.84 Å². The summed E-state index contributed by atoms with van der Waals surface area (Å²) in [6.07, 6.45) is 1.73. The number of alkyl halides is 1. The fourth-order valence-electron chi connectivity index (χ4n) is 1.73. The van der Waals surface area contributed by atoms with Crippen LogP contribution >= 0.6 is 11.6 Å². The zero-order valence-electron chi connectivity index (χ0n) is 9.88. The Labute approximate surface area is 111 Å². The van der Waals surface area contributed by atoms with E-state index in [9.17, 15) is 8.42 Å². The van der Waals surface area contributed by atoms with Gasteiger partial charge in [-0.05, 0) is 19.4 Å². The second-order valence-corrected chi connectivity index (χ2v) is 6.77. The van der Waals surface area contributed by atoms with Crippen LogP contribution in [0.25, 0.3) is 10.9 Å². The highest BCUT2D eigenvalue weighted by Crippen LogP contribution is 2.24. The van der Waals surface area contributed by atoms with Crippen LogP contribution in [0.15, 0.2) is 35.4 Å². The van der Waals surface area contributed by atoms with Gasteiger partial charge in [0.05, 0.1) is 21.9 Å². The third-order valence-corrected chi connectivity index (χ3v) is 5.31. The van der Waals surface area contributed by atoms with Gasteiger partial charge in [0.25, 0.3) is 0 Å². The number of hydrogen-bond acceptors (Lipinski definition) is 4. The summed E-state index contributed by atoms with van der Waals surface area (Å²) in [5.74, 6) is 0.316. The molecule has 0 spiro atoms. The maximum atomic E-state index is 12.4. The lowest BCUT2D eigenvalue weighted by Crippen LogP contribution is -2.19. The largest absolute Gasteiger partial charge is 0.223 e. The third-order valence-electron chi connectivity index (χ3n) is 2.86. The zero-order chi connectivity index (χ0) is 13.2. The molecule has 0 N–H and O–H groups in total. The molecule has 2 rings (SSSR count). The highest BCUT2D eigenvalue weighted by molar-refractivity contribution is 7.92. The van der Waals surface area contributed by atoms with Crippen LogP contribution in [0.1, 0.15) is 13.3 Å². The molecule has 1 aromatic heterocycles. The molecule has 0 fully saturated rings. The Morgan fingerprint density at radius 1 is 1.33 bits per heavy atom. The molecule has 1 aromatic carbocycles. The minimum Gasteiger partial charge on any atom is -0.223 e. The Kier molecular flexibility index (Phi) is 3.82. The van der Waals surface area contributed by atoms with Crippen molar-refractivity contribution in [2.75, 3.05) is 5.88 Å². The van der Waals surface area contributed by atoms with Crippen molar-refractivity contribution in [1.82, 2.24) is 10.2 Å². The molecule has 0 radical (unpaired) electrons. The van der Waals surface area contributed by atoms with Crippen molar-refractivity contribution >= 4 is 32.3 Å². The fourth-order valence-corrected chi connectivity index (χ4v) is 3.73. The van der Waals surface area contributed by atoms with E-state index in [0.29, 0.717) is 23.2 Å². The molecule has 0 amide bonds. The predicted octanol–water partition coefficient (Wildman–Crippen LogP) is 2.42. The molecule has 1 heterocycles. The van der Waals surface area contributed by atoms with Gasteiger partial charge in [0.2, 0.25) is 0 Å². The van der Waals surface area contributed by atoms with Crippen molar-refractivity contribution in [2.24, 2.45) is 0 Å². The minimum absolute atomic E-state index is 0.228. The predicted molar refractivity (Wildman–Crippen MR) is 71.5 cm³/mol. The molecular formula is C12H13ClN2O2S. The molecular weight excluding hydrogens is 272 g/mol. The number of halogens is 1. The number of aromatic nitrogens is 2. The van der Waals surface area contributed by atoms with E-state index >= 15 is 0 Å². The summed E-state index contributed by atoms with van der Waals surface area (Å²) < 4.78 is 24.8. The quantitative estimate of drug-likeness (QED) is 0.809. The van der Waals surface area contributed by atoms with Crippen molar-refractivity contribution in [3.05, 3.63) is 30.5 Å². The number of sulfone groups is 1. The molecule has 2 aromatic rings. The van der Waals surface area contributed by atoms with Crippen molar-refractivity contribution in [1.29, 1.82) is 0 Å². The topological polar surface area (TPSA) is 59.9 Å². The lowest BCUT2D eigenvalue weighted by atomic mass is 10.2. The molecule has 0 saturated carbocycles. The molecule has 0 saturated heterocycles. The first kappa shape index (κ1) is 13.2. The molecule has 0 aliphatic carbocycles. The van der Waals surface area contributed by atoms with Gasteiger partial charge in [-0.2, -0.15) is 10.2 Å². The van der Waals surface area contributed by atoms with Crippen molar-refractivity contribution in [3.63, 3.8) is 0 Å². The summed E-state index contributed by atoms with van der Waals surface area (Å²) in [7, 11) is -3.41. The highest BCUT2D eigenvalue weighted by atomic mass is 35.5. The van der Waals surface area contributed by atoms with Crippen molar-refractivity contribution in [2.45, 2.75) is 23.5 Å². The maximum Gasteiger partial charge on any atom is 0.183 e. The van der Waals surface area contributed by atoms with Crippen LogP contribution in [0.4, 0.5) is 0 Å². The SMILES string of the molecule is CC(CCCl)S(=O)(=O)c1cnnc2ccccc12. The summed E-state index contributed by atoms with van der Waals surface area (Å²) in [6.45, 7) is 1.66. The van der Waals surface area contributed by atoms with Gasteiger partial charge in [-0.1, -0.05) is 18.2 Å². The summed E-state index contributed by atoms with van der Waals surface area (Å²) in [4.78, 5) is 0.228. The van der Waals surface area contributed by atoms with Gasteiger partial charge < -0.3 is 0 Å². The Morgan fingerprint density at radius 2 is 2.06 bits per heavy atom. The van der Waals surface area contributed by atoms with Gasteiger partial charge >= 0.3 is 0 Å².